The lowest BCUT2D eigenvalue weighted by molar-refractivity contribution is 0.0654. The third-order valence-corrected chi connectivity index (χ3v) is 3.87. The minimum atomic E-state index is -0.209. The quantitative estimate of drug-likeness (QED) is 0.857. The maximum Gasteiger partial charge on any atom is 0.261 e. The summed E-state index contributed by atoms with van der Waals surface area (Å²) >= 11 is 0. The molecule has 5 nitrogen and oxygen atoms in total. The van der Waals surface area contributed by atoms with Crippen LogP contribution in [0.1, 0.15) is 39.2 Å². The Morgan fingerprint density at radius 3 is 2.23 bits per heavy atom. The summed E-state index contributed by atoms with van der Waals surface area (Å²) in [4.78, 5) is 29.7. The minimum Gasteiger partial charge on any atom is -0.308 e. The fourth-order valence-corrected chi connectivity index (χ4v) is 2.61. The average Bonchev–Trinajstić information content (AvgIpc) is 2.81. The van der Waals surface area contributed by atoms with Crippen LogP contribution in [-0.4, -0.2) is 34.8 Å². The van der Waals surface area contributed by atoms with Crippen LogP contribution < -0.4 is 5.32 Å². The van der Waals surface area contributed by atoms with Crippen molar-refractivity contribution in [2.75, 3.05) is 13.1 Å². The van der Waals surface area contributed by atoms with Gasteiger partial charge in [-0.3, -0.25) is 19.5 Å². The van der Waals surface area contributed by atoms with Crippen LogP contribution in [0.4, 0.5) is 0 Å². The van der Waals surface area contributed by atoms with Crippen molar-refractivity contribution >= 4 is 11.8 Å². The van der Waals surface area contributed by atoms with Crippen molar-refractivity contribution in [3.63, 3.8) is 0 Å². The van der Waals surface area contributed by atoms with Gasteiger partial charge in [-0.1, -0.05) is 12.1 Å². The van der Waals surface area contributed by atoms with Crippen molar-refractivity contribution in [2.24, 2.45) is 0 Å². The molecular weight excluding hydrogens is 278 g/mol. The summed E-state index contributed by atoms with van der Waals surface area (Å²) in [5.74, 6) is -0.419. The van der Waals surface area contributed by atoms with Crippen LogP contribution in [0, 0.1) is 0 Å². The zero-order chi connectivity index (χ0) is 15.5. The number of carbonyl (C=O) groups is 2. The molecule has 1 aromatic heterocycles. The van der Waals surface area contributed by atoms with Crippen molar-refractivity contribution in [1.29, 1.82) is 0 Å². The van der Waals surface area contributed by atoms with E-state index in [2.05, 4.69) is 10.3 Å². The van der Waals surface area contributed by atoms with E-state index in [1.165, 1.54) is 4.90 Å². The summed E-state index contributed by atoms with van der Waals surface area (Å²) in [6.07, 6.45) is 3.50. The highest BCUT2D eigenvalue weighted by molar-refractivity contribution is 6.21. The van der Waals surface area contributed by atoms with Gasteiger partial charge in [-0.25, -0.2) is 0 Å². The van der Waals surface area contributed by atoms with E-state index in [-0.39, 0.29) is 17.9 Å². The van der Waals surface area contributed by atoms with E-state index in [0.29, 0.717) is 24.2 Å². The number of pyridine rings is 1. The molecule has 0 saturated heterocycles. The van der Waals surface area contributed by atoms with Gasteiger partial charge >= 0.3 is 0 Å². The number of nitrogens with zero attached hydrogens (tertiary/aromatic N) is 2. The normalized spacial score (nSPS) is 15.0. The Bertz CT molecular complexity index is 665. The SMILES string of the molecule is CC(NCCN1C(=O)c2ccccc2C1=O)c1ccncc1. The second-order valence-electron chi connectivity index (χ2n) is 5.26. The lowest BCUT2D eigenvalue weighted by Crippen LogP contribution is -2.36. The van der Waals surface area contributed by atoms with Gasteiger partial charge in [0.1, 0.15) is 0 Å². The van der Waals surface area contributed by atoms with Crippen LogP contribution in [0.15, 0.2) is 48.8 Å². The molecule has 0 aliphatic carbocycles. The van der Waals surface area contributed by atoms with Gasteiger partial charge in [0.25, 0.3) is 11.8 Å². The standard InChI is InChI=1S/C17H17N3O2/c1-12(13-6-8-18-9-7-13)19-10-11-20-16(21)14-4-2-3-5-15(14)17(20)22/h2-9,12,19H,10-11H2,1H3. The maximum absolute atomic E-state index is 12.2. The first-order valence-corrected chi connectivity index (χ1v) is 7.27. The van der Waals surface area contributed by atoms with Gasteiger partial charge in [0.15, 0.2) is 0 Å². The van der Waals surface area contributed by atoms with E-state index in [4.69, 9.17) is 0 Å². The van der Waals surface area contributed by atoms with Crippen LogP contribution in [0.25, 0.3) is 0 Å². The highest BCUT2D eigenvalue weighted by Crippen LogP contribution is 2.21. The third-order valence-electron chi connectivity index (χ3n) is 3.87. The second kappa shape index (κ2) is 6.07. The lowest BCUT2D eigenvalue weighted by Gasteiger charge is -2.18. The fraction of sp³-hybridized carbons (Fsp3) is 0.235. The summed E-state index contributed by atoms with van der Waals surface area (Å²) < 4.78 is 0. The molecule has 0 spiro atoms. The number of carbonyl (C=O) groups excluding carboxylic acids is 2. The summed E-state index contributed by atoms with van der Waals surface area (Å²) in [5, 5.41) is 3.32. The highest BCUT2D eigenvalue weighted by atomic mass is 16.2. The van der Waals surface area contributed by atoms with Crippen molar-refractivity contribution in [2.45, 2.75) is 13.0 Å². The predicted octanol–water partition coefficient (Wildman–Crippen LogP) is 2.03. The predicted molar refractivity (Wildman–Crippen MR) is 82.5 cm³/mol. The number of benzene rings is 1. The van der Waals surface area contributed by atoms with Gasteiger partial charge in [0, 0.05) is 31.5 Å². The van der Waals surface area contributed by atoms with E-state index in [0.717, 1.165) is 5.56 Å². The first-order valence-electron chi connectivity index (χ1n) is 7.27. The van der Waals surface area contributed by atoms with Crippen molar-refractivity contribution in [3.8, 4) is 0 Å². The molecule has 2 aromatic rings. The molecule has 5 heteroatoms. The molecule has 1 aromatic carbocycles. The van der Waals surface area contributed by atoms with E-state index >= 15 is 0 Å². The van der Waals surface area contributed by atoms with Crippen LogP contribution in [0.3, 0.4) is 0 Å². The van der Waals surface area contributed by atoms with E-state index < -0.39 is 0 Å². The molecule has 3 rings (SSSR count). The molecule has 1 aliphatic rings. The van der Waals surface area contributed by atoms with Crippen LogP contribution in [-0.2, 0) is 0 Å². The summed E-state index contributed by atoms with van der Waals surface area (Å²) in [6, 6.07) is 11.0. The fourth-order valence-electron chi connectivity index (χ4n) is 2.61. The van der Waals surface area contributed by atoms with E-state index in [1.807, 2.05) is 19.1 Å². The Balaban J connectivity index is 1.59. The van der Waals surface area contributed by atoms with Crippen molar-refractivity contribution in [1.82, 2.24) is 15.2 Å². The third kappa shape index (κ3) is 2.63. The Labute approximate surface area is 129 Å². The molecule has 112 valence electrons. The number of aromatic nitrogens is 1. The van der Waals surface area contributed by atoms with Crippen LogP contribution in [0.5, 0.6) is 0 Å². The van der Waals surface area contributed by atoms with Crippen LogP contribution in [0.2, 0.25) is 0 Å². The number of fused-ring (bicyclic) bond motifs is 1. The largest absolute Gasteiger partial charge is 0.308 e. The van der Waals surface area contributed by atoms with Gasteiger partial charge in [-0.15, -0.1) is 0 Å². The highest BCUT2D eigenvalue weighted by Gasteiger charge is 2.34. The molecule has 0 radical (unpaired) electrons. The molecule has 0 bridgehead atoms. The summed E-state index contributed by atoms with van der Waals surface area (Å²) in [6.45, 7) is 2.95. The molecule has 2 amide bonds. The first kappa shape index (κ1) is 14.4. The molecule has 0 fully saturated rings. The molecule has 1 N–H and O–H groups in total. The Hall–Kier alpha value is -2.53. The van der Waals surface area contributed by atoms with Gasteiger partial charge in [-0.05, 0) is 36.8 Å². The van der Waals surface area contributed by atoms with Crippen LogP contribution >= 0.6 is 0 Å². The van der Waals surface area contributed by atoms with E-state index in [1.54, 1.807) is 36.7 Å². The smallest absolute Gasteiger partial charge is 0.261 e. The van der Waals surface area contributed by atoms with Gasteiger partial charge in [-0.2, -0.15) is 0 Å². The van der Waals surface area contributed by atoms with E-state index in [9.17, 15) is 9.59 Å². The summed E-state index contributed by atoms with van der Waals surface area (Å²) in [5.41, 5.74) is 2.11. The molecule has 0 saturated carbocycles. The molecule has 2 heterocycles. The number of nitrogens with one attached hydrogen (secondary N) is 1. The Kier molecular flexibility index (Phi) is 3.98. The number of amides is 2. The number of imide groups is 1. The van der Waals surface area contributed by atoms with Gasteiger partial charge in [0.05, 0.1) is 11.1 Å². The zero-order valence-corrected chi connectivity index (χ0v) is 12.3. The molecule has 1 atom stereocenters. The average molecular weight is 295 g/mol. The monoisotopic (exact) mass is 295 g/mol. The minimum absolute atomic E-state index is 0.137. The maximum atomic E-state index is 12.2. The van der Waals surface area contributed by atoms with Crippen molar-refractivity contribution < 1.29 is 9.59 Å². The Morgan fingerprint density at radius 1 is 1.05 bits per heavy atom. The topological polar surface area (TPSA) is 62.3 Å². The van der Waals surface area contributed by atoms with Gasteiger partial charge < -0.3 is 5.32 Å². The first-order chi connectivity index (χ1) is 10.7. The molecular formula is C17H17N3O2. The van der Waals surface area contributed by atoms with Crippen molar-refractivity contribution in [3.05, 3.63) is 65.5 Å². The molecule has 1 unspecified atom stereocenters. The number of hydrogen-bond donors (Lipinski definition) is 1. The zero-order valence-electron chi connectivity index (χ0n) is 12.3. The van der Waals surface area contributed by atoms with Gasteiger partial charge in [0.2, 0.25) is 0 Å². The number of hydrogen-bond acceptors (Lipinski definition) is 4. The second-order valence-corrected chi connectivity index (χ2v) is 5.26. The number of rotatable bonds is 5. The Morgan fingerprint density at radius 2 is 1.64 bits per heavy atom. The molecule has 1 aliphatic heterocycles. The summed E-state index contributed by atoms with van der Waals surface area (Å²) in [7, 11) is 0. The molecule has 22 heavy (non-hydrogen) atoms. The lowest BCUT2D eigenvalue weighted by atomic mass is 10.1.